The topological polar surface area (TPSA) is 35.6 Å². The van der Waals surface area contributed by atoms with Gasteiger partial charge in [0.25, 0.3) is 0 Å². The Morgan fingerprint density at radius 1 is 1.33 bits per heavy atom. The number of piperazine rings is 1. The van der Waals surface area contributed by atoms with Gasteiger partial charge in [-0.1, -0.05) is 0 Å². The molecule has 1 atom stereocenters. The van der Waals surface area contributed by atoms with Gasteiger partial charge in [0, 0.05) is 38.6 Å². The first kappa shape index (κ1) is 11.0. The fourth-order valence-corrected chi connectivity index (χ4v) is 2.42. The summed E-state index contributed by atoms with van der Waals surface area (Å²) < 4.78 is 0. The fourth-order valence-electron chi connectivity index (χ4n) is 2.42. The Hall–Kier alpha value is -0.450. The molecule has 2 aliphatic rings. The van der Waals surface area contributed by atoms with Crippen LogP contribution < -0.4 is 5.32 Å². The second-order valence-electron chi connectivity index (χ2n) is 4.74. The molecule has 0 aliphatic carbocycles. The number of Topliss-reactive ketones (excluding diaryl/α,β-unsaturated/α-hetero) is 1. The maximum Gasteiger partial charge on any atom is 0.151 e. The Kier molecular flexibility index (Phi) is 3.72. The molecule has 2 aliphatic heterocycles. The van der Waals surface area contributed by atoms with Crippen molar-refractivity contribution in [2.45, 2.75) is 6.42 Å². The molecule has 0 radical (unpaired) electrons. The van der Waals surface area contributed by atoms with Gasteiger partial charge < -0.3 is 10.2 Å². The summed E-state index contributed by atoms with van der Waals surface area (Å²) in [5.74, 6) is 0.742. The highest BCUT2D eigenvalue weighted by Crippen LogP contribution is 2.15. The highest BCUT2D eigenvalue weighted by Gasteiger charge is 2.27. The van der Waals surface area contributed by atoms with E-state index in [0.717, 1.165) is 45.7 Å². The van der Waals surface area contributed by atoms with Crippen molar-refractivity contribution in [2.75, 3.05) is 52.9 Å². The molecule has 86 valence electrons. The lowest BCUT2D eigenvalue weighted by Gasteiger charge is -2.27. The SMILES string of the molecule is CN1CCC(C(=O)CN2CCNCC2)C1. The molecule has 0 bridgehead atoms. The van der Waals surface area contributed by atoms with Gasteiger partial charge in [-0.25, -0.2) is 0 Å². The smallest absolute Gasteiger partial charge is 0.151 e. The predicted molar refractivity (Wildman–Crippen MR) is 59.9 cm³/mol. The summed E-state index contributed by atoms with van der Waals surface area (Å²) in [6, 6.07) is 0. The van der Waals surface area contributed by atoms with E-state index in [0.29, 0.717) is 18.2 Å². The van der Waals surface area contributed by atoms with Gasteiger partial charge in [0.05, 0.1) is 6.54 Å². The number of likely N-dealkylation sites (tertiary alicyclic amines) is 1. The van der Waals surface area contributed by atoms with Crippen LogP contribution in [0.25, 0.3) is 0 Å². The van der Waals surface area contributed by atoms with Gasteiger partial charge in [-0.2, -0.15) is 0 Å². The standard InChI is InChI=1S/C11H21N3O/c1-13-5-2-10(8-13)11(15)9-14-6-3-12-4-7-14/h10,12H,2-9H2,1H3. The second-order valence-corrected chi connectivity index (χ2v) is 4.74. The third-order valence-corrected chi connectivity index (χ3v) is 3.44. The molecular formula is C11H21N3O. The summed E-state index contributed by atoms with van der Waals surface area (Å²) in [7, 11) is 2.10. The van der Waals surface area contributed by atoms with Gasteiger partial charge in [0.2, 0.25) is 0 Å². The van der Waals surface area contributed by atoms with Crippen molar-refractivity contribution in [1.82, 2.24) is 15.1 Å². The number of carbonyl (C=O) groups is 1. The Morgan fingerprint density at radius 2 is 2.07 bits per heavy atom. The summed E-state index contributed by atoms with van der Waals surface area (Å²) in [6.45, 7) is 6.81. The lowest BCUT2D eigenvalue weighted by molar-refractivity contribution is -0.123. The van der Waals surface area contributed by atoms with Gasteiger partial charge in [-0.05, 0) is 20.0 Å². The number of carbonyl (C=O) groups excluding carboxylic acids is 1. The fraction of sp³-hybridized carbons (Fsp3) is 0.909. The van der Waals surface area contributed by atoms with Crippen LogP contribution >= 0.6 is 0 Å². The Balaban J connectivity index is 1.76. The van der Waals surface area contributed by atoms with Crippen LogP contribution in [-0.4, -0.2) is 68.4 Å². The van der Waals surface area contributed by atoms with E-state index in [1.165, 1.54) is 0 Å². The van der Waals surface area contributed by atoms with Crippen molar-refractivity contribution in [3.05, 3.63) is 0 Å². The van der Waals surface area contributed by atoms with Crippen LogP contribution in [0.2, 0.25) is 0 Å². The van der Waals surface area contributed by atoms with Crippen LogP contribution in [0.5, 0.6) is 0 Å². The zero-order valence-electron chi connectivity index (χ0n) is 9.54. The molecule has 15 heavy (non-hydrogen) atoms. The molecule has 2 saturated heterocycles. The number of ketones is 1. The molecule has 1 unspecified atom stereocenters. The Bertz CT molecular complexity index is 226. The molecule has 4 heteroatoms. The van der Waals surface area contributed by atoms with E-state index in [1.54, 1.807) is 0 Å². The van der Waals surface area contributed by atoms with Crippen molar-refractivity contribution in [3.8, 4) is 0 Å². The summed E-state index contributed by atoms with van der Waals surface area (Å²) in [6.07, 6.45) is 1.06. The first-order valence-electron chi connectivity index (χ1n) is 5.90. The molecule has 0 aromatic carbocycles. The molecule has 2 rings (SSSR count). The van der Waals surface area contributed by atoms with E-state index in [1.807, 2.05) is 0 Å². The lowest BCUT2D eigenvalue weighted by Crippen LogP contribution is -2.46. The van der Waals surface area contributed by atoms with Gasteiger partial charge in [0.1, 0.15) is 0 Å². The third kappa shape index (κ3) is 3.00. The maximum atomic E-state index is 12.0. The van der Waals surface area contributed by atoms with Crippen molar-refractivity contribution >= 4 is 5.78 Å². The molecule has 0 saturated carbocycles. The number of nitrogens with zero attached hydrogens (tertiary/aromatic N) is 2. The van der Waals surface area contributed by atoms with E-state index < -0.39 is 0 Å². The molecule has 0 spiro atoms. The average molecular weight is 211 g/mol. The van der Waals surface area contributed by atoms with Crippen molar-refractivity contribution < 1.29 is 4.79 Å². The molecule has 0 aromatic heterocycles. The van der Waals surface area contributed by atoms with Crippen LogP contribution in [0.3, 0.4) is 0 Å². The largest absolute Gasteiger partial charge is 0.314 e. The molecule has 0 amide bonds. The first-order chi connectivity index (χ1) is 7.25. The normalized spacial score (nSPS) is 29.5. The van der Waals surface area contributed by atoms with E-state index >= 15 is 0 Å². The van der Waals surface area contributed by atoms with E-state index in [9.17, 15) is 4.79 Å². The monoisotopic (exact) mass is 211 g/mol. The molecule has 2 heterocycles. The number of rotatable bonds is 3. The number of nitrogens with one attached hydrogen (secondary N) is 1. The number of hydrogen-bond acceptors (Lipinski definition) is 4. The number of hydrogen-bond donors (Lipinski definition) is 1. The van der Waals surface area contributed by atoms with E-state index in [2.05, 4.69) is 22.2 Å². The average Bonchev–Trinajstić information content (AvgIpc) is 2.66. The molecule has 4 nitrogen and oxygen atoms in total. The van der Waals surface area contributed by atoms with Crippen LogP contribution in [0, 0.1) is 5.92 Å². The van der Waals surface area contributed by atoms with Gasteiger partial charge in [-0.15, -0.1) is 0 Å². The third-order valence-electron chi connectivity index (χ3n) is 3.44. The summed E-state index contributed by atoms with van der Waals surface area (Å²) in [5, 5.41) is 3.30. The van der Waals surface area contributed by atoms with E-state index in [4.69, 9.17) is 0 Å². The van der Waals surface area contributed by atoms with Crippen molar-refractivity contribution in [1.29, 1.82) is 0 Å². The lowest BCUT2D eigenvalue weighted by atomic mass is 10.0. The highest BCUT2D eigenvalue weighted by atomic mass is 16.1. The predicted octanol–water partition coefficient (Wildman–Crippen LogP) is -0.588. The van der Waals surface area contributed by atoms with Crippen LogP contribution in [0.15, 0.2) is 0 Å². The molecule has 2 fully saturated rings. The summed E-state index contributed by atoms with van der Waals surface area (Å²) in [5.41, 5.74) is 0. The van der Waals surface area contributed by atoms with Crippen LogP contribution in [-0.2, 0) is 4.79 Å². The van der Waals surface area contributed by atoms with Crippen molar-refractivity contribution in [2.24, 2.45) is 5.92 Å². The van der Waals surface area contributed by atoms with Gasteiger partial charge >= 0.3 is 0 Å². The minimum atomic E-state index is 0.296. The summed E-state index contributed by atoms with van der Waals surface area (Å²) in [4.78, 5) is 16.5. The quantitative estimate of drug-likeness (QED) is 0.677. The Morgan fingerprint density at radius 3 is 2.67 bits per heavy atom. The zero-order chi connectivity index (χ0) is 10.7. The minimum absolute atomic E-state index is 0.296. The van der Waals surface area contributed by atoms with Crippen molar-refractivity contribution in [3.63, 3.8) is 0 Å². The van der Waals surface area contributed by atoms with E-state index in [-0.39, 0.29) is 0 Å². The summed E-state index contributed by atoms with van der Waals surface area (Å²) >= 11 is 0. The van der Waals surface area contributed by atoms with Crippen LogP contribution in [0.4, 0.5) is 0 Å². The highest BCUT2D eigenvalue weighted by molar-refractivity contribution is 5.83. The molecule has 1 N–H and O–H groups in total. The minimum Gasteiger partial charge on any atom is -0.314 e. The molecular weight excluding hydrogens is 190 g/mol. The van der Waals surface area contributed by atoms with Gasteiger partial charge in [0.15, 0.2) is 5.78 Å². The van der Waals surface area contributed by atoms with Gasteiger partial charge in [-0.3, -0.25) is 9.69 Å². The first-order valence-corrected chi connectivity index (χ1v) is 5.90. The maximum absolute atomic E-state index is 12.0. The second kappa shape index (κ2) is 5.05. The zero-order valence-corrected chi connectivity index (χ0v) is 9.54. The van der Waals surface area contributed by atoms with Crippen LogP contribution in [0.1, 0.15) is 6.42 Å². The Labute approximate surface area is 91.6 Å². The molecule has 0 aromatic rings.